The van der Waals surface area contributed by atoms with Gasteiger partial charge in [-0.25, -0.2) is 5.01 Å². The zero-order chi connectivity index (χ0) is 14.9. The Morgan fingerprint density at radius 2 is 2.09 bits per heavy atom. The van der Waals surface area contributed by atoms with Crippen LogP contribution in [-0.4, -0.2) is 30.2 Å². The van der Waals surface area contributed by atoms with Gasteiger partial charge in [-0.05, 0) is 62.3 Å². The molecule has 1 aromatic rings. The van der Waals surface area contributed by atoms with Crippen LogP contribution in [0.4, 0.5) is 5.69 Å². The van der Waals surface area contributed by atoms with E-state index in [1.165, 1.54) is 37.9 Å². The Morgan fingerprint density at radius 1 is 1.23 bits per heavy atom. The van der Waals surface area contributed by atoms with Crippen LogP contribution in [0.15, 0.2) is 41.6 Å². The minimum absolute atomic E-state index is 0.780. The van der Waals surface area contributed by atoms with Gasteiger partial charge in [-0.15, -0.1) is 0 Å². The van der Waals surface area contributed by atoms with E-state index in [1.807, 2.05) is 17.4 Å². The summed E-state index contributed by atoms with van der Waals surface area (Å²) >= 11 is 0. The number of anilines is 1. The molecule has 1 aromatic carbocycles. The van der Waals surface area contributed by atoms with Crippen LogP contribution >= 0.6 is 0 Å². The largest absolute Gasteiger partial charge is 0.300 e. The second-order valence-electron chi connectivity index (χ2n) is 6.94. The third-order valence-electron chi connectivity index (χ3n) is 5.36. The highest BCUT2D eigenvalue weighted by molar-refractivity contribution is 5.65. The van der Waals surface area contributed by atoms with E-state index in [1.54, 1.807) is 0 Å². The van der Waals surface area contributed by atoms with Crippen LogP contribution in [0.5, 0.6) is 0 Å². The first-order chi connectivity index (χ1) is 10.8. The van der Waals surface area contributed by atoms with Gasteiger partial charge in [0.2, 0.25) is 0 Å². The molecular formula is C19H25N3. The number of hydrogen-bond acceptors (Lipinski definition) is 3. The SMILES string of the molecule is C[C@H]1CCCN1C[C@@H]1C[C@H]1c1ccc(N2C=CCC=N2)cc1. The summed E-state index contributed by atoms with van der Waals surface area (Å²) < 4.78 is 0. The molecule has 1 aliphatic carbocycles. The Labute approximate surface area is 133 Å². The molecule has 0 radical (unpaired) electrons. The molecule has 3 heteroatoms. The smallest absolute Gasteiger partial charge is 0.0645 e. The van der Waals surface area contributed by atoms with Crippen molar-refractivity contribution in [1.82, 2.24) is 4.90 Å². The molecular weight excluding hydrogens is 270 g/mol. The van der Waals surface area contributed by atoms with Crippen molar-refractivity contribution < 1.29 is 0 Å². The van der Waals surface area contributed by atoms with Crippen LogP contribution in [-0.2, 0) is 0 Å². The third-order valence-corrected chi connectivity index (χ3v) is 5.36. The molecule has 22 heavy (non-hydrogen) atoms. The molecule has 116 valence electrons. The minimum Gasteiger partial charge on any atom is -0.300 e. The van der Waals surface area contributed by atoms with Crippen molar-refractivity contribution in [1.29, 1.82) is 0 Å². The highest BCUT2D eigenvalue weighted by Gasteiger charge is 2.40. The van der Waals surface area contributed by atoms with E-state index in [9.17, 15) is 0 Å². The Balaban J connectivity index is 1.37. The van der Waals surface area contributed by atoms with Crippen molar-refractivity contribution in [2.75, 3.05) is 18.1 Å². The van der Waals surface area contributed by atoms with Gasteiger partial charge < -0.3 is 4.90 Å². The zero-order valence-corrected chi connectivity index (χ0v) is 13.4. The van der Waals surface area contributed by atoms with Crippen LogP contribution < -0.4 is 5.01 Å². The lowest BCUT2D eigenvalue weighted by Crippen LogP contribution is -2.29. The van der Waals surface area contributed by atoms with Crippen LogP contribution in [0.2, 0.25) is 0 Å². The number of rotatable bonds is 4. The standard InChI is InChI=1S/C19H25N3/c1-15-5-4-11-21(15)14-17-13-19(17)16-6-8-18(9-7-16)22-12-3-2-10-20-22/h3,6-10,12,15,17,19H,2,4-5,11,13-14H2,1H3/t15-,17-,19-/m0/s1. The second kappa shape index (κ2) is 5.88. The predicted octanol–water partition coefficient (Wildman–Crippen LogP) is 3.98. The summed E-state index contributed by atoms with van der Waals surface area (Å²) in [7, 11) is 0. The predicted molar refractivity (Wildman–Crippen MR) is 92.3 cm³/mol. The highest BCUT2D eigenvalue weighted by Crippen LogP contribution is 2.48. The van der Waals surface area contributed by atoms with Crippen LogP contribution in [0, 0.1) is 5.92 Å². The summed E-state index contributed by atoms with van der Waals surface area (Å²) in [4.78, 5) is 2.69. The molecule has 0 unspecified atom stereocenters. The molecule has 2 fully saturated rings. The molecule has 1 saturated carbocycles. The van der Waals surface area contributed by atoms with E-state index in [4.69, 9.17) is 0 Å². The first-order valence-electron chi connectivity index (χ1n) is 8.63. The average Bonchev–Trinajstić information content (AvgIpc) is 3.23. The molecule has 3 atom stereocenters. The van der Waals surface area contributed by atoms with Gasteiger partial charge >= 0.3 is 0 Å². The normalized spacial score (nSPS) is 31.0. The summed E-state index contributed by atoms with van der Waals surface area (Å²) in [6, 6.07) is 9.80. The summed E-state index contributed by atoms with van der Waals surface area (Å²) in [5.41, 5.74) is 2.66. The monoisotopic (exact) mass is 295 g/mol. The van der Waals surface area contributed by atoms with Gasteiger partial charge in [0, 0.05) is 31.4 Å². The lowest BCUT2D eigenvalue weighted by molar-refractivity contribution is 0.256. The fourth-order valence-corrected chi connectivity index (χ4v) is 3.84. The van der Waals surface area contributed by atoms with E-state index in [0.717, 1.165) is 30.0 Å². The van der Waals surface area contributed by atoms with E-state index in [2.05, 4.69) is 47.3 Å². The minimum atomic E-state index is 0.780. The van der Waals surface area contributed by atoms with Crippen molar-refractivity contribution in [3.05, 3.63) is 42.1 Å². The van der Waals surface area contributed by atoms with E-state index in [-0.39, 0.29) is 0 Å². The van der Waals surface area contributed by atoms with Gasteiger partial charge in [0.15, 0.2) is 0 Å². The van der Waals surface area contributed by atoms with Crippen LogP contribution in [0.1, 0.15) is 44.1 Å². The fourth-order valence-electron chi connectivity index (χ4n) is 3.84. The van der Waals surface area contributed by atoms with Crippen molar-refractivity contribution in [3.8, 4) is 0 Å². The maximum Gasteiger partial charge on any atom is 0.0645 e. The van der Waals surface area contributed by atoms with Crippen molar-refractivity contribution in [2.45, 2.75) is 44.6 Å². The summed E-state index contributed by atoms with van der Waals surface area (Å²) in [6.07, 6.45) is 11.2. The van der Waals surface area contributed by atoms with E-state index >= 15 is 0 Å². The Kier molecular flexibility index (Phi) is 3.75. The molecule has 2 heterocycles. The van der Waals surface area contributed by atoms with Gasteiger partial charge in [0.05, 0.1) is 5.69 Å². The average molecular weight is 295 g/mol. The Bertz CT molecular complexity index is 563. The van der Waals surface area contributed by atoms with Crippen molar-refractivity contribution in [3.63, 3.8) is 0 Å². The van der Waals surface area contributed by atoms with Gasteiger partial charge in [-0.2, -0.15) is 5.10 Å². The van der Waals surface area contributed by atoms with E-state index < -0.39 is 0 Å². The molecule has 3 aliphatic rings. The lowest BCUT2D eigenvalue weighted by Gasteiger charge is -2.21. The first-order valence-corrected chi connectivity index (χ1v) is 8.63. The maximum atomic E-state index is 4.40. The summed E-state index contributed by atoms with van der Waals surface area (Å²) in [5, 5.41) is 6.34. The molecule has 0 amide bonds. The van der Waals surface area contributed by atoms with Crippen LogP contribution in [0.25, 0.3) is 0 Å². The molecule has 0 aromatic heterocycles. The topological polar surface area (TPSA) is 18.8 Å². The lowest BCUT2D eigenvalue weighted by atomic mass is 10.1. The number of benzene rings is 1. The van der Waals surface area contributed by atoms with Gasteiger partial charge in [0.25, 0.3) is 0 Å². The second-order valence-corrected chi connectivity index (χ2v) is 6.94. The van der Waals surface area contributed by atoms with Gasteiger partial charge in [-0.3, -0.25) is 0 Å². The summed E-state index contributed by atoms with van der Waals surface area (Å²) in [5.74, 6) is 1.65. The van der Waals surface area contributed by atoms with Gasteiger partial charge in [0.1, 0.15) is 0 Å². The molecule has 4 rings (SSSR count). The van der Waals surface area contributed by atoms with E-state index in [0.29, 0.717) is 0 Å². The molecule has 1 saturated heterocycles. The van der Waals surface area contributed by atoms with Gasteiger partial charge in [-0.1, -0.05) is 18.2 Å². The molecule has 0 bridgehead atoms. The molecule has 3 nitrogen and oxygen atoms in total. The third kappa shape index (κ3) is 2.82. The Morgan fingerprint density at radius 3 is 2.77 bits per heavy atom. The number of hydrogen-bond donors (Lipinski definition) is 0. The Hall–Kier alpha value is -1.61. The zero-order valence-electron chi connectivity index (χ0n) is 13.4. The highest BCUT2D eigenvalue weighted by atomic mass is 15.4. The number of allylic oxidation sites excluding steroid dienone is 1. The molecule has 2 aliphatic heterocycles. The number of likely N-dealkylation sites (tertiary alicyclic amines) is 1. The van der Waals surface area contributed by atoms with Crippen molar-refractivity contribution >= 4 is 11.9 Å². The number of nitrogens with zero attached hydrogens (tertiary/aromatic N) is 3. The first kappa shape index (κ1) is 14.0. The molecule has 0 N–H and O–H groups in total. The fraction of sp³-hybridized carbons (Fsp3) is 0.526. The maximum absolute atomic E-state index is 4.40. The number of hydrazone groups is 1. The van der Waals surface area contributed by atoms with Crippen molar-refractivity contribution in [2.24, 2.45) is 11.0 Å². The summed E-state index contributed by atoms with van der Waals surface area (Å²) in [6.45, 7) is 4.99. The molecule has 0 spiro atoms. The quantitative estimate of drug-likeness (QED) is 0.836. The van der Waals surface area contributed by atoms with Crippen LogP contribution in [0.3, 0.4) is 0 Å².